The van der Waals surface area contributed by atoms with Gasteiger partial charge in [0.2, 0.25) is 11.8 Å². The molecule has 0 aliphatic heterocycles. The van der Waals surface area contributed by atoms with E-state index >= 15 is 0 Å². The average molecular weight is 494 g/mol. The van der Waals surface area contributed by atoms with Crippen LogP contribution >= 0.6 is 35.0 Å². The van der Waals surface area contributed by atoms with Crippen LogP contribution < -0.4 is 15.4 Å². The molecule has 3 aromatic rings. The van der Waals surface area contributed by atoms with Crippen molar-refractivity contribution < 1.29 is 14.3 Å². The van der Waals surface area contributed by atoms with Crippen LogP contribution in [0.15, 0.2) is 47.6 Å². The fourth-order valence-electron chi connectivity index (χ4n) is 2.69. The van der Waals surface area contributed by atoms with Gasteiger partial charge in [-0.15, -0.1) is 10.2 Å². The van der Waals surface area contributed by atoms with Crippen LogP contribution in [-0.4, -0.2) is 38.9 Å². The maximum Gasteiger partial charge on any atom is 0.234 e. The molecule has 0 aliphatic carbocycles. The van der Waals surface area contributed by atoms with Gasteiger partial charge in [0.15, 0.2) is 5.16 Å². The summed E-state index contributed by atoms with van der Waals surface area (Å²) in [6.45, 7) is 2.49. The quantitative estimate of drug-likeness (QED) is 0.427. The highest BCUT2D eigenvalue weighted by atomic mass is 35.5. The Bertz CT molecular complexity index is 1110. The van der Waals surface area contributed by atoms with Crippen molar-refractivity contribution in [2.24, 2.45) is 7.05 Å². The van der Waals surface area contributed by atoms with Crippen molar-refractivity contribution in [3.8, 4) is 5.75 Å². The molecule has 8 nitrogen and oxygen atoms in total. The van der Waals surface area contributed by atoms with Gasteiger partial charge in [-0.3, -0.25) is 9.59 Å². The lowest BCUT2D eigenvalue weighted by atomic mass is 10.3. The molecular formula is C21H21Cl2N5O3S. The maximum absolute atomic E-state index is 12.4. The predicted octanol–water partition coefficient (Wildman–Crippen LogP) is 4.43. The molecule has 0 atom stereocenters. The lowest BCUT2D eigenvalue weighted by Crippen LogP contribution is -2.17. The van der Waals surface area contributed by atoms with Crippen LogP contribution in [0.1, 0.15) is 12.7 Å². The van der Waals surface area contributed by atoms with Crippen molar-refractivity contribution in [3.05, 3.63) is 58.3 Å². The molecule has 1 heterocycles. The average Bonchev–Trinajstić information content (AvgIpc) is 3.11. The third kappa shape index (κ3) is 6.38. The van der Waals surface area contributed by atoms with Crippen molar-refractivity contribution >= 4 is 58.2 Å². The summed E-state index contributed by atoms with van der Waals surface area (Å²) in [5.74, 6) is 0.846. The summed E-state index contributed by atoms with van der Waals surface area (Å²) in [4.78, 5) is 24.6. The largest absolute Gasteiger partial charge is 0.494 e. The van der Waals surface area contributed by atoms with Crippen molar-refractivity contribution in [1.82, 2.24) is 14.8 Å². The zero-order valence-electron chi connectivity index (χ0n) is 17.4. The molecule has 168 valence electrons. The van der Waals surface area contributed by atoms with Crippen molar-refractivity contribution in [2.75, 3.05) is 23.0 Å². The molecule has 0 aliphatic rings. The number of anilines is 2. The van der Waals surface area contributed by atoms with E-state index in [1.54, 1.807) is 54.1 Å². The van der Waals surface area contributed by atoms with Gasteiger partial charge in [-0.2, -0.15) is 0 Å². The van der Waals surface area contributed by atoms with Gasteiger partial charge in [0, 0.05) is 12.7 Å². The summed E-state index contributed by atoms with van der Waals surface area (Å²) in [6, 6.07) is 12.1. The van der Waals surface area contributed by atoms with Gasteiger partial charge in [0.1, 0.15) is 11.6 Å². The molecule has 0 radical (unpaired) electrons. The van der Waals surface area contributed by atoms with Crippen LogP contribution in [-0.2, 0) is 23.1 Å². The fourth-order valence-corrected chi connectivity index (χ4v) is 3.77. The van der Waals surface area contributed by atoms with Crippen LogP contribution in [0.4, 0.5) is 11.4 Å². The first-order chi connectivity index (χ1) is 15.4. The summed E-state index contributed by atoms with van der Waals surface area (Å²) in [6.07, 6.45) is -0.00865. The number of thioether (sulfide) groups is 1. The van der Waals surface area contributed by atoms with Gasteiger partial charge in [-0.05, 0) is 43.3 Å². The van der Waals surface area contributed by atoms with Gasteiger partial charge in [0.25, 0.3) is 0 Å². The van der Waals surface area contributed by atoms with Crippen molar-refractivity contribution in [2.45, 2.75) is 18.5 Å². The van der Waals surface area contributed by atoms with Crippen LogP contribution in [0, 0.1) is 0 Å². The number of hydrogen-bond acceptors (Lipinski definition) is 6. The number of aromatic nitrogens is 3. The van der Waals surface area contributed by atoms with Crippen molar-refractivity contribution in [3.63, 3.8) is 0 Å². The molecule has 2 N–H and O–H groups in total. The van der Waals surface area contributed by atoms with E-state index in [1.807, 2.05) is 6.92 Å². The number of hydrogen-bond donors (Lipinski definition) is 2. The van der Waals surface area contributed by atoms with E-state index in [2.05, 4.69) is 20.8 Å². The van der Waals surface area contributed by atoms with E-state index in [9.17, 15) is 9.59 Å². The maximum atomic E-state index is 12.4. The van der Waals surface area contributed by atoms with Gasteiger partial charge in [-0.1, -0.05) is 41.0 Å². The van der Waals surface area contributed by atoms with Crippen LogP contribution in [0.2, 0.25) is 10.0 Å². The first kappa shape index (κ1) is 23.9. The Morgan fingerprint density at radius 3 is 2.53 bits per heavy atom. The normalized spacial score (nSPS) is 10.6. The van der Waals surface area contributed by atoms with Crippen LogP contribution in [0.3, 0.4) is 0 Å². The standard InChI is InChI=1S/C21H21Cl2N5O3S/c1-3-31-14-9-7-13(8-10-14)24-19(30)12-32-21-27-26-17(28(21)2)11-18(29)25-16-6-4-5-15(22)20(16)23/h4-10H,3,11-12H2,1-2H3,(H,24,30)(H,25,29). The number of halogens is 2. The first-order valence-electron chi connectivity index (χ1n) is 9.65. The Morgan fingerprint density at radius 2 is 1.81 bits per heavy atom. The Morgan fingerprint density at radius 1 is 1.06 bits per heavy atom. The molecule has 0 fully saturated rings. The molecule has 3 rings (SSSR count). The molecule has 11 heteroatoms. The molecule has 0 saturated carbocycles. The molecule has 0 spiro atoms. The van der Waals surface area contributed by atoms with E-state index in [-0.39, 0.29) is 29.0 Å². The first-order valence-corrected chi connectivity index (χ1v) is 11.4. The monoisotopic (exact) mass is 493 g/mol. The summed E-state index contributed by atoms with van der Waals surface area (Å²) in [7, 11) is 1.74. The number of ether oxygens (including phenoxy) is 1. The Labute approximate surface area is 199 Å². The van der Waals surface area contributed by atoms with Gasteiger partial charge >= 0.3 is 0 Å². The highest BCUT2D eigenvalue weighted by Gasteiger charge is 2.16. The van der Waals surface area contributed by atoms with E-state index in [1.165, 1.54) is 11.8 Å². The predicted molar refractivity (Wildman–Crippen MR) is 127 cm³/mol. The molecule has 0 saturated heterocycles. The molecular weight excluding hydrogens is 473 g/mol. The zero-order valence-corrected chi connectivity index (χ0v) is 19.7. The molecule has 1 aromatic heterocycles. The molecule has 0 bridgehead atoms. The zero-order chi connectivity index (χ0) is 23.1. The smallest absolute Gasteiger partial charge is 0.234 e. The third-order valence-corrected chi connectivity index (χ3v) is 6.09. The summed E-state index contributed by atoms with van der Waals surface area (Å²) < 4.78 is 7.06. The van der Waals surface area contributed by atoms with E-state index in [0.29, 0.717) is 34.0 Å². The number of nitrogens with zero attached hydrogens (tertiary/aromatic N) is 3. The number of amides is 2. The third-order valence-electron chi connectivity index (χ3n) is 4.25. The lowest BCUT2D eigenvalue weighted by Gasteiger charge is -2.08. The number of benzene rings is 2. The minimum absolute atomic E-state index is 0.00865. The molecule has 2 amide bonds. The highest BCUT2D eigenvalue weighted by molar-refractivity contribution is 7.99. The second-order valence-corrected chi connectivity index (χ2v) is 8.31. The highest BCUT2D eigenvalue weighted by Crippen LogP contribution is 2.29. The van der Waals surface area contributed by atoms with Gasteiger partial charge < -0.3 is 19.9 Å². The minimum atomic E-state index is -0.311. The second kappa shape index (κ2) is 11.2. The lowest BCUT2D eigenvalue weighted by molar-refractivity contribution is -0.116. The SMILES string of the molecule is CCOc1ccc(NC(=O)CSc2nnc(CC(=O)Nc3cccc(Cl)c3Cl)n2C)cc1. The van der Waals surface area contributed by atoms with Gasteiger partial charge in [0.05, 0.1) is 34.5 Å². The van der Waals surface area contributed by atoms with Gasteiger partial charge in [-0.25, -0.2) is 0 Å². The Balaban J connectivity index is 1.52. The second-order valence-electron chi connectivity index (χ2n) is 6.58. The van der Waals surface area contributed by atoms with E-state index < -0.39 is 0 Å². The van der Waals surface area contributed by atoms with Crippen molar-refractivity contribution in [1.29, 1.82) is 0 Å². The van der Waals surface area contributed by atoms with Crippen LogP contribution in [0.25, 0.3) is 0 Å². The number of rotatable bonds is 9. The topological polar surface area (TPSA) is 98.1 Å². The summed E-state index contributed by atoms with van der Waals surface area (Å²) in [5, 5.41) is 14.8. The Kier molecular flexibility index (Phi) is 8.38. The minimum Gasteiger partial charge on any atom is -0.494 e. The van der Waals surface area contributed by atoms with Crippen LogP contribution in [0.5, 0.6) is 5.75 Å². The number of carbonyl (C=O) groups excluding carboxylic acids is 2. The Hall–Kier alpha value is -2.75. The number of carbonyl (C=O) groups is 2. The molecule has 2 aromatic carbocycles. The molecule has 0 unspecified atom stereocenters. The van der Waals surface area contributed by atoms with E-state index in [4.69, 9.17) is 27.9 Å². The summed E-state index contributed by atoms with van der Waals surface area (Å²) >= 11 is 13.3. The van der Waals surface area contributed by atoms with E-state index in [0.717, 1.165) is 5.75 Å². The summed E-state index contributed by atoms with van der Waals surface area (Å²) in [5.41, 5.74) is 1.10. The molecule has 32 heavy (non-hydrogen) atoms. The fraction of sp³-hybridized carbons (Fsp3) is 0.238. The number of nitrogens with one attached hydrogen (secondary N) is 2.